The molecule has 0 bridgehead atoms. The number of para-hydroxylation sites is 1. The number of benzene rings is 2. The monoisotopic (exact) mass is 337 g/mol. The minimum atomic E-state index is 0.311. The fourth-order valence-corrected chi connectivity index (χ4v) is 3.64. The van der Waals surface area contributed by atoms with Crippen LogP contribution in [0.3, 0.4) is 0 Å². The van der Waals surface area contributed by atoms with E-state index in [0.717, 1.165) is 24.3 Å². The quantitative estimate of drug-likeness (QED) is 0.639. The van der Waals surface area contributed by atoms with Gasteiger partial charge in [-0.15, -0.1) is 0 Å². The fourth-order valence-electron chi connectivity index (χ4n) is 3.36. The molecule has 122 valence electrons. The SMILES string of the molecule is COc1ccc2[nH]c3c(c2c1)CC(NC(=S)Nc1ccccc1)C3. The first-order valence-electron chi connectivity index (χ1n) is 8.03. The molecular weight excluding hydrogens is 318 g/mol. The number of hydrogen-bond donors (Lipinski definition) is 3. The van der Waals surface area contributed by atoms with Gasteiger partial charge in [-0.05, 0) is 54.5 Å². The molecule has 0 spiro atoms. The molecule has 1 unspecified atom stereocenters. The van der Waals surface area contributed by atoms with Gasteiger partial charge in [0.25, 0.3) is 0 Å². The van der Waals surface area contributed by atoms with Crippen LogP contribution in [0.15, 0.2) is 48.5 Å². The molecule has 24 heavy (non-hydrogen) atoms. The van der Waals surface area contributed by atoms with Crippen LogP contribution >= 0.6 is 12.2 Å². The number of aromatic amines is 1. The second-order valence-corrected chi connectivity index (χ2v) is 6.47. The van der Waals surface area contributed by atoms with Crippen molar-refractivity contribution in [3.63, 3.8) is 0 Å². The summed E-state index contributed by atoms with van der Waals surface area (Å²) in [6.45, 7) is 0. The van der Waals surface area contributed by atoms with E-state index in [1.807, 2.05) is 36.4 Å². The number of hydrogen-bond acceptors (Lipinski definition) is 2. The normalized spacial score (nSPS) is 16.0. The molecule has 4 nitrogen and oxygen atoms in total. The van der Waals surface area contributed by atoms with E-state index in [-0.39, 0.29) is 0 Å². The third kappa shape index (κ3) is 2.83. The van der Waals surface area contributed by atoms with Gasteiger partial charge in [-0.25, -0.2) is 0 Å². The minimum Gasteiger partial charge on any atom is -0.497 e. The highest BCUT2D eigenvalue weighted by Crippen LogP contribution is 2.32. The number of rotatable bonds is 3. The average Bonchev–Trinajstić information content (AvgIpc) is 3.12. The first kappa shape index (κ1) is 15.0. The van der Waals surface area contributed by atoms with Gasteiger partial charge in [-0.2, -0.15) is 0 Å². The van der Waals surface area contributed by atoms with E-state index in [2.05, 4.69) is 27.8 Å². The van der Waals surface area contributed by atoms with E-state index in [0.29, 0.717) is 11.2 Å². The molecule has 0 saturated carbocycles. The smallest absolute Gasteiger partial charge is 0.171 e. The van der Waals surface area contributed by atoms with Crippen molar-refractivity contribution in [2.75, 3.05) is 12.4 Å². The predicted molar refractivity (Wildman–Crippen MR) is 102 cm³/mol. The molecule has 1 aliphatic carbocycles. The second kappa shape index (κ2) is 6.17. The average molecular weight is 337 g/mol. The number of ether oxygens (including phenoxy) is 1. The summed E-state index contributed by atoms with van der Waals surface area (Å²) >= 11 is 5.44. The molecule has 1 aromatic heterocycles. The zero-order valence-corrected chi connectivity index (χ0v) is 14.2. The van der Waals surface area contributed by atoms with Crippen LogP contribution in [-0.2, 0) is 12.8 Å². The number of nitrogens with one attached hydrogen (secondary N) is 3. The highest BCUT2D eigenvalue weighted by molar-refractivity contribution is 7.80. The van der Waals surface area contributed by atoms with Gasteiger partial charge in [-0.3, -0.25) is 0 Å². The van der Waals surface area contributed by atoms with Crippen LogP contribution in [0.2, 0.25) is 0 Å². The van der Waals surface area contributed by atoms with Crippen molar-refractivity contribution in [1.82, 2.24) is 10.3 Å². The number of H-pyrrole nitrogens is 1. The molecule has 1 heterocycles. The zero-order chi connectivity index (χ0) is 16.5. The van der Waals surface area contributed by atoms with Gasteiger partial charge in [0.2, 0.25) is 0 Å². The highest BCUT2D eigenvalue weighted by atomic mass is 32.1. The summed E-state index contributed by atoms with van der Waals surface area (Å²) < 4.78 is 5.35. The summed E-state index contributed by atoms with van der Waals surface area (Å²) in [5.41, 5.74) is 4.83. The van der Waals surface area contributed by atoms with Gasteiger partial charge in [0, 0.05) is 34.7 Å². The molecule has 0 saturated heterocycles. The highest BCUT2D eigenvalue weighted by Gasteiger charge is 2.26. The van der Waals surface area contributed by atoms with Gasteiger partial charge in [0.1, 0.15) is 5.75 Å². The standard InChI is InChI=1S/C19H19N3OS/c1-23-14-7-8-17-16(11-14)15-9-13(10-18(15)22-17)21-19(24)20-12-5-3-2-4-6-12/h2-8,11,13,22H,9-10H2,1H3,(H2,20,21,24). The molecule has 0 fully saturated rings. The van der Waals surface area contributed by atoms with E-state index < -0.39 is 0 Å². The molecular formula is C19H19N3OS. The number of aromatic nitrogens is 1. The molecule has 3 aromatic rings. The van der Waals surface area contributed by atoms with Crippen LogP contribution in [0.1, 0.15) is 11.3 Å². The minimum absolute atomic E-state index is 0.311. The molecule has 1 atom stereocenters. The Morgan fingerprint density at radius 1 is 1.17 bits per heavy atom. The summed E-state index contributed by atoms with van der Waals surface area (Å²) in [6, 6.07) is 16.5. The van der Waals surface area contributed by atoms with Crippen molar-refractivity contribution in [3.05, 3.63) is 59.8 Å². The Bertz CT molecular complexity index is 888. The molecule has 3 N–H and O–H groups in total. The maximum Gasteiger partial charge on any atom is 0.171 e. The Morgan fingerprint density at radius 3 is 2.79 bits per heavy atom. The van der Waals surface area contributed by atoms with Crippen molar-refractivity contribution in [2.45, 2.75) is 18.9 Å². The summed E-state index contributed by atoms with van der Waals surface area (Å²) in [6.07, 6.45) is 1.90. The first-order valence-corrected chi connectivity index (χ1v) is 8.44. The van der Waals surface area contributed by atoms with Crippen LogP contribution < -0.4 is 15.4 Å². The van der Waals surface area contributed by atoms with E-state index in [1.165, 1.54) is 22.2 Å². The summed E-state index contributed by atoms with van der Waals surface area (Å²) in [5.74, 6) is 0.891. The summed E-state index contributed by atoms with van der Waals surface area (Å²) in [4.78, 5) is 3.52. The number of methoxy groups -OCH3 is 1. The largest absolute Gasteiger partial charge is 0.497 e. The summed E-state index contributed by atoms with van der Waals surface area (Å²) in [7, 11) is 1.70. The Labute approximate surface area is 146 Å². The van der Waals surface area contributed by atoms with Gasteiger partial charge in [-0.1, -0.05) is 18.2 Å². The predicted octanol–water partition coefficient (Wildman–Crippen LogP) is 3.63. The second-order valence-electron chi connectivity index (χ2n) is 6.06. The lowest BCUT2D eigenvalue weighted by Gasteiger charge is -2.16. The Kier molecular flexibility index (Phi) is 3.86. The number of thiocarbonyl (C=S) groups is 1. The molecule has 0 amide bonds. The molecule has 2 aromatic carbocycles. The third-order valence-electron chi connectivity index (χ3n) is 4.47. The lowest BCUT2D eigenvalue weighted by molar-refractivity contribution is 0.415. The van der Waals surface area contributed by atoms with Gasteiger partial charge >= 0.3 is 0 Å². The molecule has 0 radical (unpaired) electrons. The summed E-state index contributed by atoms with van der Waals surface area (Å²) in [5, 5.41) is 8.57. The van der Waals surface area contributed by atoms with Crippen molar-refractivity contribution in [3.8, 4) is 5.75 Å². The molecule has 1 aliphatic rings. The Morgan fingerprint density at radius 2 is 2.00 bits per heavy atom. The van der Waals surface area contributed by atoms with Crippen LogP contribution in [0.25, 0.3) is 10.9 Å². The molecule has 0 aliphatic heterocycles. The van der Waals surface area contributed by atoms with Gasteiger partial charge in [0.05, 0.1) is 7.11 Å². The van der Waals surface area contributed by atoms with Crippen LogP contribution in [0, 0.1) is 0 Å². The van der Waals surface area contributed by atoms with Crippen molar-refractivity contribution < 1.29 is 4.74 Å². The lowest BCUT2D eigenvalue weighted by atomic mass is 10.1. The first-order chi connectivity index (χ1) is 11.7. The maximum atomic E-state index is 5.44. The van der Waals surface area contributed by atoms with E-state index >= 15 is 0 Å². The van der Waals surface area contributed by atoms with Crippen LogP contribution in [0.5, 0.6) is 5.75 Å². The van der Waals surface area contributed by atoms with E-state index in [4.69, 9.17) is 17.0 Å². The van der Waals surface area contributed by atoms with Gasteiger partial charge < -0.3 is 20.4 Å². The van der Waals surface area contributed by atoms with Crippen molar-refractivity contribution >= 4 is 33.9 Å². The molecule has 5 heteroatoms. The Hall–Kier alpha value is -2.53. The topological polar surface area (TPSA) is 49.1 Å². The zero-order valence-electron chi connectivity index (χ0n) is 13.4. The Balaban J connectivity index is 1.46. The number of fused-ring (bicyclic) bond motifs is 3. The lowest BCUT2D eigenvalue weighted by Crippen LogP contribution is -2.38. The maximum absolute atomic E-state index is 5.44. The third-order valence-corrected chi connectivity index (χ3v) is 4.69. The van der Waals surface area contributed by atoms with E-state index in [1.54, 1.807) is 7.11 Å². The number of anilines is 1. The van der Waals surface area contributed by atoms with Crippen LogP contribution in [0.4, 0.5) is 5.69 Å². The van der Waals surface area contributed by atoms with Crippen LogP contribution in [-0.4, -0.2) is 23.2 Å². The van der Waals surface area contributed by atoms with E-state index in [9.17, 15) is 0 Å². The molecule has 4 rings (SSSR count). The van der Waals surface area contributed by atoms with Crippen molar-refractivity contribution in [1.29, 1.82) is 0 Å². The van der Waals surface area contributed by atoms with Crippen molar-refractivity contribution in [2.24, 2.45) is 0 Å². The van der Waals surface area contributed by atoms with Gasteiger partial charge in [0.15, 0.2) is 5.11 Å². The fraction of sp³-hybridized carbons (Fsp3) is 0.211.